The van der Waals surface area contributed by atoms with E-state index in [-0.39, 0.29) is 6.03 Å². The Labute approximate surface area is 148 Å². The molecule has 2 heterocycles. The first-order valence-corrected chi connectivity index (χ1v) is 8.75. The van der Waals surface area contributed by atoms with E-state index in [0.29, 0.717) is 25.7 Å². The lowest BCUT2D eigenvalue weighted by atomic mass is 9.90. The molecule has 0 radical (unpaired) electrons. The molecule has 0 spiro atoms. The van der Waals surface area contributed by atoms with Crippen LogP contribution in [0.1, 0.15) is 29.0 Å². The van der Waals surface area contributed by atoms with Crippen LogP contribution in [0.3, 0.4) is 0 Å². The lowest BCUT2D eigenvalue weighted by molar-refractivity contribution is 0.134. The second kappa shape index (κ2) is 6.76. The number of nitrogens with zero attached hydrogens (tertiary/aromatic N) is 1. The van der Waals surface area contributed by atoms with Gasteiger partial charge in [0.2, 0.25) is 0 Å². The first-order valence-electron chi connectivity index (χ1n) is 8.75. The highest BCUT2D eigenvalue weighted by Gasteiger charge is 2.23. The molecule has 25 heavy (non-hydrogen) atoms. The fraction of sp³-hybridized carbons (Fsp3) is 0.350. The molecule has 2 N–H and O–H groups in total. The predicted octanol–water partition coefficient (Wildman–Crippen LogP) is 3.46. The molecule has 4 rings (SSSR count). The van der Waals surface area contributed by atoms with E-state index in [9.17, 15) is 4.79 Å². The summed E-state index contributed by atoms with van der Waals surface area (Å²) in [6.45, 7) is 2.94. The first-order chi connectivity index (χ1) is 12.2. The maximum absolute atomic E-state index is 12.3. The average molecular weight is 337 g/mol. The molecule has 0 saturated heterocycles. The number of amides is 2. The van der Waals surface area contributed by atoms with Crippen LogP contribution < -0.4 is 15.5 Å². The zero-order valence-electron chi connectivity index (χ0n) is 14.4. The molecule has 2 aromatic carbocycles. The zero-order chi connectivity index (χ0) is 17.2. The molecule has 2 aliphatic heterocycles. The molecule has 0 aromatic heterocycles. The number of ether oxygens (including phenoxy) is 1. The molecular formula is C20H23N3O2. The van der Waals surface area contributed by atoms with E-state index in [0.717, 1.165) is 24.2 Å². The van der Waals surface area contributed by atoms with Gasteiger partial charge in [-0.25, -0.2) is 4.79 Å². The van der Waals surface area contributed by atoms with Crippen LogP contribution in [-0.4, -0.2) is 26.2 Å². The molecule has 0 bridgehead atoms. The van der Waals surface area contributed by atoms with Crippen molar-refractivity contribution in [3.8, 4) is 0 Å². The van der Waals surface area contributed by atoms with Crippen LogP contribution in [0.5, 0.6) is 0 Å². The van der Waals surface area contributed by atoms with E-state index >= 15 is 0 Å². The van der Waals surface area contributed by atoms with Crippen LogP contribution in [-0.2, 0) is 18.0 Å². The van der Waals surface area contributed by atoms with E-state index in [4.69, 9.17) is 4.74 Å². The molecule has 5 heteroatoms. The van der Waals surface area contributed by atoms with E-state index in [2.05, 4.69) is 46.8 Å². The largest absolute Gasteiger partial charge is 0.374 e. The number of carbonyl (C=O) groups is 1. The van der Waals surface area contributed by atoms with Gasteiger partial charge in [-0.2, -0.15) is 0 Å². The lowest BCUT2D eigenvalue weighted by Gasteiger charge is -2.33. The third kappa shape index (κ3) is 3.33. The van der Waals surface area contributed by atoms with Crippen molar-refractivity contribution in [3.63, 3.8) is 0 Å². The summed E-state index contributed by atoms with van der Waals surface area (Å²) < 4.78 is 5.41. The number of nitrogens with one attached hydrogen (secondary N) is 2. The predicted molar refractivity (Wildman–Crippen MR) is 99.0 cm³/mol. The molecule has 5 nitrogen and oxygen atoms in total. The highest BCUT2D eigenvalue weighted by atomic mass is 16.5. The van der Waals surface area contributed by atoms with Crippen LogP contribution in [0.2, 0.25) is 0 Å². The Morgan fingerprint density at radius 1 is 1.20 bits per heavy atom. The van der Waals surface area contributed by atoms with Crippen molar-refractivity contribution in [1.82, 2.24) is 5.32 Å². The zero-order valence-corrected chi connectivity index (χ0v) is 14.4. The minimum atomic E-state index is -0.157. The smallest absolute Gasteiger partial charge is 0.319 e. The number of fused-ring (bicyclic) bond motifs is 2. The van der Waals surface area contributed by atoms with Gasteiger partial charge >= 0.3 is 6.03 Å². The van der Waals surface area contributed by atoms with Crippen molar-refractivity contribution in [2.75, 3.05) is 30.4 Å². The molecule has 2 aromatic rings. The monoisotopic (exact) mass is 337 g/mol. The van der Waals surface area contributed by atoms with E-state index in [1.165, 1.54) is 16.8 Å². The van der Waals surface area contributed by atoms with Gasteiger partial charge in [-0.05, 0) is 41.3 Å². The highest BCUT2D eigenvalue weighted by Crippen LogP contribution is 2.33. The second-order valence-corrected chi connectivity index (χ2v) is 6.78. The summed E-state index contributed by atoms with van der Waals surface area (Å²) in [5.41, 5.74) is 5.74. The van der Waals surface area contributed by atoms with Crippen molar-refractivity contribution < 1.29 is 9.53 Å². The number of hydrogen-bond donors (Lipinski definition) is 2. The molecule has 0 fully saturated rings. The van der Waals surface area contributed by atoms with Gasteiger partial charge in [0.05, 0.1) is 13.2 Å². The molecule has 2 amide bonds. The molecular weight excluding hydrogens is 314 g/mol. The van der Waals surface area contributed by atoms with Crippen LogP contribution in [0.4, 0.5) is 16.2 Å². The van der Waals surface area contributed by atoms with Gasteiger partial charge in [-0.15, -0.1) is 0 Å². The van der Waals surface area contributed by atoms with Crippen LogP contribution in [0, 0.1) is 0 Å². The summed E-state index contributed by atoms with van der Waals surface area (Å²) in [6, 6.07) is 14.2. The molecule has 0 saturated carbocycles. The minimum Gasteiger partial charge on any atom is -0.374 e. The van der Waals surface area contributed by atoms with E-state index in [1.54, 1.807) is 0 Å². The third-order valence-corrected chi connectivity index (χ3v) is 5.09. The van der Waals surface area contributed by atoms with Gasteiger partial charge in [0.25, 0.3) is 0 Å². The van der Waals surface area contributed by atoms with Gasteiger partial charge < -0.3 is 20.3 Å². The SMILES string of the molecule is CN1CC[C@H](CNC(=O)Nc2ccc3c(c2)COC3)c2ccccc21. The number of para-hydroxylation sites is 1. The van der Waals surface area contributed by atoms with Gasteiger partial charge in [0.15, 0.2) is 0 Å². The maximum atomic E-state index is 12.3. The number of benzene rings is 2. The topological polar surface area (TPSA) is 53.6 Å². The Morgan fingerprint density at radius 2 is 2.04 bits per heavy atom. The van der Waals surface area contributed by atoms with Gasteiger partial charge in [-0.1, -0.05) is 24.3 Å². The molecule has 2 aliphatic rings. The van der Waals surface area contributed by atoms with Crippen molar-refractivity contribution in [2.45, 2.75) is 25.6 Å². The number of rotatable bonds is 3. The number of hydrogen-bond acceptors (Lipinski definition) is 3. The number of carbonyl (C=O) groups excluding carboxylic acids is 1. The normalized spacial score (nSPS) is 18.4. The standard InChI is InChI=1S/C20H23N3O2/c1-23-9-8-14(18-4-2-3-5-19(18)23)11-21-20(24)22-17-7-6-15-12-25-13-16(15)10-17/h2-7,10,14H,8-9,11-13H2,1H3,(H2,21,22,24)/t14-/m1/s1. The second-order valence-electron chi connectivity index (χ2n) is 6.78. The molecule has 1 atom stereocenters. The lowest BCUT2D eigenvalue weighted by Crippen LogP contribution is -2.36. The summed E-state index contributed by atoms with van der Waals surface area (Å²) in [4.78, 5) is 14.5. The van der Waals surface area contributed by atoms with Gasteiger partial charge in [0.1, 0.15) is 0 Å². The van der Waals surface area contributed by atoms with Gasteiger partial charge in [0, 0.05) is 37.4 Å². The molecule has 130 valence electrons. The van der Waals surface area contributed by atoms with Crippen LogP contribution in [0.25, 0.3) is 0 Å². The Bertz CT molecular complexity index is 790. The fourth-order valence-corrected chi connectivity index (χ4v) is 3.66. The Kier molecular flexibility index (Phi) is 4.32. The summed E-state index contributed by atoms with van der Waals surface area (Å²) in [6.07, 6.45) is 1.05. The van der Waals surface area contributed by atoms with E-state index < -0.39 is 0 Å². The summed E-state index contributed by atoms with van der Waals surface area (Å²) in [5.74, 6) is 0.353. The Balaban J connectivity index is 1.37. The third-order valence-electron chi connectivity index (χ3n) is 5.09. The Morgan fingerprint density at radius 3 is 2.96 bits per heavy atom. The fourth-order valence-electron chi connectivity index (χ4n) is 3.66. The molecule has 0 unspecified atom stereocenters. The first kappa shape index (κ1) is 16.0. The van der Waals surface area contributed by atoms with Crippen molar-refractivity contribution in [3.05, 3.63) is 59.2 Å². The summed E-state index contributed by atoms with van der Waals surface area (Å²) in [7, 11) is 2.12. The number of urea groups is 1. The summed E-state index contributed by atoms with van der Waals surface area (Å²) in [5, 5.41) is 5.95. The summed E-state index contributed by atoms with van der Waals surface area (Å²) >= 11 is 0. The number of anilines is 2. The van der Waals surface area contributed by atoms with Crippen molar-refractivity contribution in [2.24, 2.45) is 0 Å². The molecule has 0 aliphatic carbocycles. The quantitative estimate of drug-likeness (QED) is 0.902. The maximum Gasteiger partial charge on any atom is 0.319 e. The van der Waals surface area contributed by atoms with Crippen LogP contribution >= 0.6 is 0 Å². The van der Waals surface area contributed by atoms with Crippen molar-refractivity contribution in [1.29, 1.82) is 0 Å². The minimum absolute atomic E-state index is 0.157. The van der Waals surface area contributed by atoms with Crippen molar-refractivity contribution >= 4 is 17.4 Å². The van der Waals surface area contributed by atoms with Gasteiger partial charge in [-0.3, -0.25) is 0 Å². The highest BCUT2D eigenvalue weighted by molar-refractivity contribution is 5.89. The Hall–Kier alpha value is -2.53. The van der Waals surface area contributed by atoms with E-state index in [1.807, 2.05) is 18.2 Å². The van der Waals surface area contributed by atoms with Crippen LogP contribution in [0.15, 0.2) is 42.5 Å². The average Bonchev–Trinajstić information content (AvgIpc) is 3.09.